The second-order valence-electron chi connectivity index (χ2n) is 6.83. The monoisotopic (exact) mass is 361 g/mol. The van der Waals surface area contributed by atoms with E-state index in [1.807, 2.05) is 6.07 Å². The van der Waals surface area contributed by atoms with Gasteiger partial charge in [-0.2, -0.15) is 5.10 Å². The van der Waals surface area contributed by atoms with Gasteiger partial charge in [0.15, 0.2) is 0 Å². The summed E-state index contributed by atoms with van der Waals surface area (Å²) in [5.41, 5.74) is 10.7. The lowest BCUT2D eigenvalue weighted by Crippen LogP contribution is -2.14. The molecule has 4 rings (SSSR count). The lowest BCUT2D eigenvalue weighted by atomic mass is 10.1. The molecular formula is C21H23N5O. The number of amides is 1. The Bertz CT molecular complexity index is 1110. The number of carbonyl (C=O) groups excluding carboxylic acids is 1. The molecule has 2 aromatic heterocycles. The van der Waals surface area contributed by atoms with Crippen LogP contribution in [0.2, 0.25) is 0 Å². The molecule has 4 aromatic rings. The number of primary amides is 1. The molecule has 1 amide bonds. The van der Waals surface area contributed by atoms with E-state index in [4.69, 9.17) is 5.73 Å². The van der Waals surface area contributed by atoms with Crippen LogP contribution in [0.15, 0.2) is 42.5 Å². The number of rotatable bonds is 7. The first-order chi connectivity index (χ1) is 13.2. The number of fused-ring (bicyclic) bond motifs is 2. The van der Waals surface area contributed by atoms with Gasteiger partial charge in [-0.25, -0.2) is 0 Å². The quantitative estimate of drug-likeness (QED) is 0.378. The highest BCUT2D eigenvalue weighted by molar-refractivity contribution is 6.00. The summed E-state index contributed by atoms with van der Waals surface area (Å²) in [7, 11) is 0. The Labute approximate surface area is 157 Å². The van der Waals surface area contributed by atoms with Crippen molar-refractivity contribution in [2.24, 2.45) is 5.73 Å². The van der Waals surface area contributed by atoms with Gasteiger partial charge in [0.25, 0.3) is 0 Å². The van der Waals surface area contributed by atoms with Crippen LogP contribution >= 0.6 is 0 Å². The van der Waals surface area contributed by atoms with E-state index in [0.717, 1.165) is 46.3 Å². The maximum absolute atomic E-state index is 11.4. The van der Waals surface area contributed by atoms with Crippen LogP contribution in [-0.4, -0.2) is 27.6 Å². The number of aromatic nitrogens is 3. The average Bonchev–Trinajstić information content (AvgIpc) is 3.27. The van der Waals surface area contributed by atoms with Crippen LogP contribution in [0.25, 0.3) is 33.2 Å². The molecular weight excluding hydrogens is 338 g/mol. The summed E-state index contributed by atoms with van der Waals surface area (Å²) in [6, 6.07) is 13.9. The number of nitrogens with one attached hydrogen (secondary N) is 3. The molecule has 0 unspecified atom stereocenters. The van der Waals surface area contributed by atoms with E-state index in [9.17, 15) is 4.79 Å². The largest absolute Gasteiger partial charge is 0.366 e. The van der Waals surface area contributed by atoms with Crippen molar-refractivity contribution < 1.29 is 4.79 Å². The smallest absolute Gasteiger partial charge is 0.248 e. The van der Waals surface area contributed by atoms with Crippen LogP contribution in [0, 0.1) is 0 Å². The second-order valence-corrected chi connectivity index (χ2v) is 6.83. The predicted molar refractivity (Wildman–Crippen MR) is 109 cm³/mol. The maximum Gasteiger partial charge on any atom is 0.248 e. The molecule has 5 N–H and O–H groups in total. The minimum absolute atomic E-state index is 0.446. The zero-order chi connectivity index (χ0) is 18.8. The Hall–Kier alpha value is -3.12. The van der Waals surface area contributed by atoms with E-state index in [0.29, 0.717) is 5.56 Å². The van der Waals surface area contributed by atoms with E-state index in [2.05, 4.69) is 51.7 Å². The zero-order valence-corrected chi connectivity index (χ0v) is 15.3. The topological polar surface area (TPSA) is 99.6 Å². The molecule has 27 heavy (non-hydrogen) atoms. The third kappa shape index (κ3) is 3.44. The second kappa shape index (κ2) is 7.25. The van der Waals surface area contributed by atoms with Crippen LogP contribution in [0.1, 0.15) is 35.7 Å². The lowest BCUT2D eigenvalue weighted by molar-refractivity contribution is 0.100. The Morgan fingerprint density at radius 1 is 1.15 bits per heavy atom. The van der Waals surface area contributed by atoms with Crippen LogP contribution in [0.4, 0.5) is 0 Å². The summed E-state index contributed by atoms with van der Waals surface area (Å²) in [6.45, 7) is 4.11. The van der Waals surface area contributed by atoms with E-state index < -0.39 is 5.91 Å². The van der Waals surface area contributed by atoms with Gasteiger partial charge in [0.05, 0.1) is 11.2 Å². The normalized spacial score (nSPS) is 11.4. The molecule has 0 aliphatic heterocycles. The fourth-order valence-electron chi connectivity index (χ4n) is 3.33. The van der Waals surface area contributed by atoms with Gasteiger partial charge in [-0.1, -0.05) is 19.4 Å². The molecule has 0 saturated heterocycles. The van der Waals surface area contributed by atoms with Gasteiger partial charge < -0.3 is 16.0 Å². The Balaban J connectivity index is 1.64. The van der Waals surface area contributed by atoms with Crippen molar-refractivity contribution >= 4 is 27.7 Å². The number of H-pyrrole nitrogens is 2. The third-order valence-corrected chi connectivity index (χ3v) is 4.82. The number of benzene rings is 2. The summed E-state index contributed by atoms with van der Waals surface area (Å²) < 4.78 is 0. The molecule has 6 nitrogen and oxygen atoms in total. The predicted octanol–water partition coefficient (Wildman–Crippen LogP) is 3.70. The number of hydrogen-bond acceptors (Lipinski definition) is 3. The molecule has 138 valence electrons. The lowest BCUT2D eigenvalue weighted by Gasteiger charge is -2.03. The molecule has 0 atom stereocenters. The van der Waals surface area contributed by atoms with Gasteiger partial charge >= 0.3 is 0 Å². The number of nitrogens with two attached hydrogens (primary N) is 1. The van der Waals surface area contributed by atoms with Crippen LogP contribution in [0.5, 0.6) is 0 Å². The van der Waals surface area contributed by atoms with Crippen LogP contribution in [0.3, 0.4) is 0 Å². The molecule has 6 heteroatoms. The van der Waals surface area contributed by atoms with E-state index in [1.54, 1.807) is 12.1 Å². The van der Waals surface area contributed by atoms with Crippen molar-refractivity contribution in [2.75, 3.05) is 6.54 Å². The molecule has 0 aliphatic carbocycles. The number of carbonyl (C=O) groups is 1. The molecule has 2 heterocycles. The molecule has 2 aromatic carbocycles. The highest BCUT2D eigenvalue weighted by Gasteiger charge is 2.12. The van der Waals surface area contributed by atoms with Crippen LogP contribution in [-0.2, 0) is 6.54 Å². The number of hydrogen-bond donors (Lipinski definition) is 4. The Morgan fingerprint density at radius 2 is 2.04 bits per heavy atom. The summed E-state index contributed by atoms with van der Waals surface area (Å²) >= 11 is 0. The van der Waals surface area contributed by atoms with Gasteiger partial charge in [0.1, 0.15) is 5.69 Å². The van der Waals surface area contributed by atoms with Gasteiger partial charge in [0.2, 0.25) is 5.91 Å². The number of aromatic amines is 2. The standard InChI is InChI=1S/C21H23N5O/c1-2-3-8-23-12-13-4-7-17-15(9-13)11-19(24-17)20-16-6-5-14(21(22)27)10-18(16)25-26-20/h4-7,9-11,23-24H,2-3,8,12H2,1H3,(H2,22,27)(H,25,26). The fourth-order valence-corrected chi connectivity index (χ4v) is 3.33. The molecule has 0 radical (unpaired) electrons. The van der Waals surface area contributed by atoms with Crippen molar-refractivity contribution in [3.63, 3.8) is 0 Å². The van der Waals surface area contributed by atoms with E-state index in [-0.39, 0.29) is 0 Å². The maximum atomic E-state index is 11.4. The van der Waals surface area contributed by atoms with Crippen molar-refractivity contribution in [3.8, 4) is 11.4 Å². The Kier molecular flexibility index (Phi) is 4.64. The minimum Gasteiger partial charge on any atom is -0.366 e. The van der Waals surface area contributed by atoms with Gasteiger partial charge in [-0.3, -0.25) is 9.89 Å². The Morgan fingerprint density at radius 3 is 2.85 bits per heavy atom. The van der Waals surface area contributed by atoms with Crippen molar-refractivity contribution in [2.45, 2.75) is 26.3 Å². The van der Waals surface area contributed by atoms with Crippen LogP contribution < -0.4 is 11.1 Å². The summed E-state index contributed by atoms with van der Waals surface area (Å²) in [4.78, 5) is 14.8. The van der Waals surface area contributed by atoms with Crippen molar-refractivity contribution in [3.05, 3.63) is 53.6 Å². The fraction of sp³-hybridized carbons (Fsp3) is 0.238. The highest BCUT2D eigenvalue weighted by Crippen LogP contribution is 2.29. The first-order valence-electron chi connectivity index (χ1n) is 9.26. The van der Waals surface area contributed by atoms with Gasteiger partial charge in [-0.05, 0) is 54.9 Å². The summed E-state index contributed by atoms with van der Waals surface area (Å²) in [5, 5.41) is 13.0. The van der Waals surface area contributed by atoms with Crippen molar-refractivity contribution in [1.29, 1.82) is 0 Å². The third-order valence-electron chi connectivity index (χ3n) is 4.82. The molecule has 0 fully saturated rings. The average molecular weight is 361 g/mol. The molecule has 0 spiro atoms. The van der Waals surface area contributed by atoms with E-state index >= 15 is 0 Å². The summed E-state index contributed by atoms with van der Waals surface area (Å²) in [6.07, 6.45) is 2.39. The van der Waals surface area contributed by atoms with Crippen molar-refractivity contribution in [1.82, 2.24) is 20.5 Å². The SMILES string of the molecule is CCCCNCc1ccc2[nH]c(-c3n[nH]c4cc(C(N)=O)ccc34)cc2c1. The van der Waals surface area contributed by atoms with E-state index in [1.165, 1.54) is 18.4 Å². The summed E-state index contributed by atoms with van der Waals surface area (Å²) in [5.74, 6) is -0.446. The van der Waals surface area contributed by atoms with Gasteiger partial charge in [0, 0.05) is 28.4 Å². The van der Waals surface area contributed by atoms with Gasteiger partial charge in [-0.15, -0.1) is 0 Å². The zero-order valence-electron chi connectivity index (χ0n) is 15.3. The molecule has 0 aliphatic rings. The minimum atomic E-state index is -0.446. The highest BCUT2D eigenvalue weighted by atomic mass is 16.1. The first-order valence-corrected chi connectivity index (χ1v) is 9.26. The molecule has 0 saturated carbocycles. The number of unbranched alkanes of at least 4 members (excludes halogenated alkanes) is 1. The number of nitrogens with zero attached hydrogens (tertiary/aromatic N) is 1. The first kappa shape index (κ1) is 17.3. The molecule has 0 bridgehead atoms.